The predicted octanol–water partition coefficient (Wildman–Crippen LogP) is 4.64. The molecule has 2 N–H and O–H groups in total. The lowest BCUT2D eigenvalue weighted by Gasteiger charge is -2.15. The lowest BCUT2D eigenvalue weighted by atomic mass is 10.0. The molecule has 0 heterocycles. The van der Waals surface area contributed by atoms with E-state index in [9.17, 15) is 4.39 Å². The van der Waals surface area contributed by atoms with Gasteiger partial charge in [-0.1, -0.05) is 26.0 Å². The van der Waals surface area contributed by atoms with Crippen LogP contribution in [0.25, 0.3) is 0 Å². The highest BCUT2D eigenvalue weighted by atomic mass is 19.1. The minimum Gasteiger partial charge on any atom is -0.494 e. The molecule has 112 valence electrons. The first kappa shape index (κ1) is 15.2. The van der Waals surface area contributed by atoms with Crippen molar-refractivity contribution >= 4 is 5.69 Å². The summed E-state index contributed by atoms with van der Waals surface area (Å²) in [5, 5.41) is 0. The van der Waals surface area contributed by atoms with Crippen molar-refractivity contribution in [3.05, 3.63) is 47.3 Å². The number of hydrogen-bond donors (Lipinski definition) is 1. The number of methoxy groups -OCH3 is 1. The van der Waals surface area contributed by atoms with Gasteiger partial charge in [0.2, 0.25) is 0 Å². The van der Waals surface area contributed by atoms with Crippen LogP contribution in [0.5, 0.6) is 17.2 Å². The standard InChI is InChI=1S/C17H20FNO2/c1-10(2)12-6-5-11(3)15(7-12)21-17-9-16(20-4)13(18)8-14(17)19/h5-10H,19H2,1-4H3. The largest absolute Gasteiger partial charge is 0.494 e. The minimum atomic E-state index is -0.505. The SMILES string of the molecule is COc1cc(Oc2cc(C(C)C)ccc2C)c(N)cc1F. The summed E-state index contributed by atoms with van der Waals surface area (Å²) in [6.07, 6.45) is 0. The smallest absolute Gasteiger partial charge is 0.167 e. The number of benzene rings is 2. The van der Waals surface area contributed by atoms with Crippen molar-refractivity contribution in [1.29, 1.82) is 0 Å². The third-order valence-corrected chi connectivity index (χ3v) is 3.38. The van der Waals surface area contributed by atoms with Crippen LogP contribution in [-0.2, 0) is 0 Å². The summed E-state index contributed by atoms with van der Waals surface area (Å²) in [7, 11) is 1.41. The molecule has 0 aromatic heterocycles. The molecule has 2 aromatic carbocycles. The molecule has 3 nitrogen and oxygen atoms in total. The molecular weight excluding hydrogens is 269 g/mol. The van der Waals surface area contributed by atoms with Crippen molar-refractivity contribution in [2.45, 2.75) is 26.7 Å². The molecule has 0 saturated heterocycles. The molecule has 0 saturated carbocycles. The van der Waals surface area contributed by atoms with E-state index in [2.05, 4.69) is 19.9 Å². The zero-order chi connectivity index (χ0) is 15.6. The van der Waals surface area contributed by atoms with E-state index in [0.29, 0.717) is 17.4 Å². The maximum absolute atomic E-state index is 13.6. The zero-order valence-corrected chi connectivity index (χ0v) is 12.7. The van der Waals surface area contributed by atoms with E-state index >= 15 is 0 Å². The van der Waals surface area contributed by atoms with Crippen molar-refractivity contribution < 1.29 is 13.9 Å². The summed E-state index contributed by atoms with van der Waals surface area (Å²) in [6.45, 7) is 6.18. The summed E-state index contributed by atoms with van der Waals surface area (Å²) >= 11 is 0. The summed E-state index contributed by atoms with van der Waals surface area (Å²) in [4.78, 5) is 0. The fourth-order valence-corrected chi connectivity index (χ4v) is 2.00. The lowest BCUT2D eigenvalue weighted by Crippen LogP contribution is -1.98. The first-order valence-corrected chi connectivity index (χ1v) is 6.83. The number of rotatable bonds is 4. The van der Waals surface area contributed by atoms with Crippen LogP contribution in [0.15, 0.2) is 30.3 Å². The van der Waals surface area contributed by atoms with E-state index in [1.54, 1.807) is 0 Å². The van der Waals surface area contributed by atoms with Crippen molar-refractivity contribution in [2.75, 3.05) is 12.8 Å². The number of nitrogen functional groups attached to an aromatic ring is 1. The van der Waals surface area contributed by atoms with E-state index < -0.39 is 5.82 Å². The van der Waals surface area contributed by atoms with Gasteiger partial charge in [-0.05, 0) is 30.0 Å². The second-order valence-electron chi connectivity index (χ2n) is 5.31. The number of ether oxygens (including phenoxy) is 2. The molecule has 0 aliphatic heterocycles. The molecule has 2 aromatic rings. The van der Waals surface area contributed by atoms with Crippen LogP contribution in [0, 0.1) is 12.7 Å². The topological polar surface area (TPSA) is 44.5 Å². The van der Waals surface area contributed by atoms with Crippen molar-refractivity contribution in [3.8, 4) is 17.2 Å². The van der Waals surface area contributed by atoms with Gasteiger partial charge in [-0.2, -0.15) is 0 Å². The van der Waals surface area contributed by atoms with Crippen LogP contribution in [0.4, 0.5) is 10.1 Å². The minimum absolute atomic E-state index is 0.108. The van der Waals surface area contributed by atoms with Gasteiger partial charge in [0.1, 0.15) is 5.75 Å². The van der Waals surface area contributed by atoms with Crippen LogP contribution in [0.2, 0.25) is 0 Å². The third kappa shape index (κ3) is 3.27. The first-order chi connectivity index (χ1) is 9.92. The van der Waals surface area contributed by atoms with Crippen LogP contribution >= 0.6 is 0 Å². The maximum Gasteiger partial charge on any atom is 0.167 e. The monoisotopic (exact) mass is 289 g/mol. The van der Waals surface area contributed by atoms with E-state index in [1.165, 1.54) is 24.8 Å². The van der Waals surface area contributed by atoms with Gasteiger partial charge in [-0.25, -0.2) is 4.39 Å². The maximum atomic E-state index is 13.6. The normalized spacial score (nSPS) is 10.8. The Balaban J connectivity index is 2.40. The highest BCUT2D eigenvalue weighted by molar-refractivity contribution is 5.58. The quantitative estimate of drug-likeness (QED) is 0.834. The Kier molecular flexibility index (Phi) is 4.36. The highest BCUT2D eigenvalue weighted by Gasteiger charge is 2.12. The highest BCUT2D eigenvalue weighted by Crippen LogP contribution is 2.35. The van der Waals surface area contributed by atoms with Crippen LogP contribution in [-0.4, -0.2) is 7.11 Å². The summed E-state index contributed by atoms with van der Waals surface area (Å²) < 4.78 is 24.4. The molecule has 0 amide bonds. The number of aryl methyl sites for hydroxylation is 1. The molecule has 0 bridgehead atoms. The Morgan fingerprint density at radius 3 is 2.38 bits per heavy atom. The van der Waals surface area contributed by atoms with Crippen LogP contribution in [0.3, 0.4) is 0 Å². The molecule has 0 radical (unpaired) electrons. The molecule has 0 aliphatic carbocycles. The molecule has 21 heavy (non-hydrogen) atoms. The van der Waals surface area contributed by atoms with Gasteiger partial charge < -0.3 is 15.2 Å². The number of nitrogens with two attached hydrogens (primary N) is 1. The molecule has 0 spiro atoms. The van der Waals surface area contributed by atoms with Gasteiger partial charge in [0.05, 0.1) is 12.8 Å². The Morgan fingerprint density at radius 2 is 1.76 bits per heavy atom. The van der Waals surface area contributed by atoms with Crippen LogP contribution < -0.4 is 15.2 Å². The number of hydrogen-bond acceptors (Lipinski definition) is 3. The first-order valence-electron chi connectivity index (χ1n) is 6.83. The van der Waals surface area contributed by atoms with Gasteiger partial charge in [0, 0.05) is 12.1 Å². The Morgan fingerprint density at radius 1 is 1.05 bits per heavy atom. The van der Waals surface area contributed by atoms with E-state index in [4.69, 9.17) is 15.2 Å². The lowest BCUT2D eigenvalue weighted by molar-refractivity contribution is 0.382. The molecule has 0 aliphatic rings. The van der Waals surface area contributed by atoms with Crippen molar-refractivity contribution in [2.24, 2.45) is 0 Å². The van der Waals surface area contributed by atoms with Gasteiger partial charge in [-0.15, -0.1) is 0 Å². The van der Waals surface area contributed by atoms with E-state index in [1.807, 2.05) is 19.1 Å². The third-order valence-electron chi connectivity index (χ3n) is 3.38. The Hall–Kier alpha value is -2.23. The van der Waals surface area contributed by atoms with Gasteiger partial charge in [0.25, 0.3) is 0 Å². The second-order valence-corrected chi connectivity index (χ2v) is 5.31. The fourth-order valence-electron chi connectivity index (χ4n) is 2.00. The van der Waals surface area contributed by atoms with Crippen molar-refractivity contribution in [1.82, 2.24) is 0 Å². The average Bonchev–Trinajstić information content (AvgIpc) is 2.43. The molecule has 4 heteroatoms. The number of anilines is 1. The molecule has 0 fully saturated rings. The summed E-state index contributed by atoms with van der Waals surface area (Å²) in [6, 6.07) is 8.72. The van der Waals surface area contributed by atoms with E-state index in [-0.39, 0.29) is 11.4 Å². The van der Waals surface area contributed by atoms with Gasteiger partial charge in [0.15, 0.2) is 17.3 Å². The molecule has 0 unspecified atom stereocenters. The Labute approximate surface area is 124 Å². The Bertz CT molecular complexity index is 653. The molecule has 2 rings (SSSR count). The van der Waals surface area contributed by atoms with Gasteiger partial charge in [-0.3, -0.25) is 0 Å². The van der Waals surface area contributed by atoms with Crippen LogP contribution in [0.1, 0.15) is 30.9 Å². The van der Waals surface area contributed by atoms with E-state index in [0.717, 1.165) is 5.56 Å². The predicted molar refractivity (Wildman–Crippen MR) is 82.7 cm³/mol. The summed E-state index contributed by atoms with van der Waals surface area (Å²) in [5.74, 6) is 1.10. The second kappa shape index (κ2) is 6.04. The average molecular weight is 289 g/mol. The molecular formula is C17H20FNO2. The summed E-state index contributed by atoms with van der Waals surface area (Å²) in [5.41, 5.74) is 8.22. The van der Waals surface area contributed by atoms with Crippen molar-refractivity contribution in [3.63, 3.8) is 0 Å². The fraction of sp³-hybridized carbons (Fsp3) is 0.294. The number of halogens is 1. The van der Waals surface area contributed by atoms with Gasteiger partial charge >= 0.3 is 0 Å². The zero-order valence-electron chi connectivity index (χ0n) is 12.7. The molecule has 0 atom stereocenters.